The molecule has 3 fully saturated rings. The summed E-state index contributed by atoms with van der Waals surface area (Å²) < 4.78 is 18.6. The van der Waals surface area contributed by atoms with Gasteiger partial charge in [0, 0.05) is 79.7 Å². The first-order valence-electron chi connectivity index (χ1n) is 16.5. The maximum absolute atomic E-state index is 13.8. The number of nitrogens with zero attached hydrogens (tertiary/aromatic N) is 2. The second-order valence-electron chi connectivity index (χ2n) is 13.5. The molecule has 2 aliphatic heterocycles. The Morgan fingerprint density at radius 3 is 2.23 bits per heavy atom. The van der Waals surface area contributed by atoms with Crippen LogP contribution in [-0.2, 0) is 16.0 Å². The van der Waals surface area contributed by atoms with Crippen LogP contribution in [0.2, 0.25) is 0 Å². The Morgan fingerprint density at radius 1 is 0.977 bits per heavy atom. The Kier molecular flexibility index (Phi) is 10.1. The number of nitrogens with one attached hydrogen (secondary N) is 2. The number of carbonyl (C=O) groups excluding carboxylic acids is 1. The van der Waals surface area contributed by atoms with Crippen molar-refractivity contribution in [2.24, 2.45) is 0 Å². The molecule has 0 bridgehead atoms. The summed E-state index contributed by atoms with van der Waals surface area (Å²) in [6, 6.07) is 6.74. The van der Waals surface area contributed by atoms with Crippen LogP contribution in [0.15, 0.2) is 23.0 Å². The second-order valence-corrected chi connectivity index (χ2v) is 13.5. The fourth-order valence-corrected chi connectivity index (χ4v) is 7.53. The average molecular weight is 609 g/mol. The number of anilines is 1. The Morgan fingerprint density at radius 2 is 1.61 bits per heavy atom. The van der Waals surface area contributed by atoms with Gasteiger partial charge in [-0.3, -0.25) is 14.5 Å². The van der Waals surface area contributed by atoms with Crippen molar-refractivity contribution in [2.45, 2.75) is 130 Å². The monoisotopic (exact) mass is 608 g/mol. The minimum absolute atomic E-state index is 0.104. The van der Waals surface area contributed by atoms with Gasteiger partial charge in [0.05, 0.1) is 24.4 Å². The van der Waals surface area contributed by atoms with Crippen molar-refractivity contribution >= 4 is 11.6 Å². The molecule has 1 saturated carbocycles. The van der Waals surface area contributed by atoms with Crippen molar-refractivity contribution in [1.29, 1.82) is 0 Å². The largest absolute Gasteiger partial charge is 0.490 e. The summed E-state index contributed by atoms with van der Waals surface area (Å²) in [5.74, 6) is 0.514. The highest BCUT2D eigenvalue weighted by Gasteiger charge is 2.38. The summed E-state index contributed by atoms with van der Waals surface area (Å²) in [6.07, 6.45) is 4.73. The molecule has 2 N–H and O–H groups in total. The molecular weight excluding hydrogens is 556 g/mol. The van der Waals surface area contributed by atoms with E-state index in [1.165, 1.54) is 0 Å². The van der Waals surface area contributed by atoms with E-state index in [0.717, 1.165) is 73.6 Å². The van der Waals surface area contributed by atoms with Gasteiger partial charge in [-0.05, 0) is 91.5 Å². The summed E-state index contributed by atoms with van der Waals surface area (Å²) in [7, 11) is 0. The molecule has 9 heteroatoms. The van der Waals surface area contributed by atoms with Crippen LogP contribution in [0.5, 0.6) is 5.75 Å². The number of carbonyl (C=O) groups is 1. The lowest BCUT2D eigenvalue weighted by molar-refractivity contribution is -0.103. The summed E-state index contributed by atoms with van der Waals surface area (Å²) in [5.41, 5.74) is 4.60. The molecule has 0 radical (unpaired) electrons. The van der Waals surface area contributed by atoms with Gasteiger partial charge >= 0.3 is 0 Å². The van der Waals surface area contributed by atoms with Gasteiger partial charge < -0.3 is 29.4 Å². The second kappa shape index (κ2) is 13.6. The van der Waals surface area contributed by atoms with Crippen LogP contribution in [-0.4, -0.2) is 78.0 Å². The predicted molar refractivity (Wildman–Crippen MR) is 174 cm³/mol. The summed E-state index contributed by atoms with van der Waals surface area (Å²) in [6.45, 7) is 19.4. The normalized spacial score (nSPS) is 29.1. The average Bonchev–Trinajstić information content (AvgIpc) is 2.90. The molecule has 1 aliphatic carbocycles. The first-order chi connectivity index (χ1) is 20.9. The number of amides is 1. The molecule has 9 nitrogen and oxygen atoms in total. The number of hydrogen-bond donors (Lipinski definition) is 2. The zero-order valence-corrected chi connectivity index (χ0v) is 27.9. The van der Waals surface area contributed by atoms with E-state index in [9.17, 15) is 9.59 Å². The molecule has 0 unspecified atom stereocenters. The minimum atomic E-state index is -0.207. The van der Waals surface area contributed by atoms with E-state index >= 15 is 0 Å². The van der Waals surface area contributed by atoms with Crippen molar-refractivity contribution in [3.05, 3.63) is 56.5 Å². The van der Waals surface area contributed by atoms with Crippen LogP contribution in [0.4, 0.5) is 5.69 Å². The number of aromatic nitrogens is 1. The van der Waals surface area contributed by atoms with Crippen LogP contribution in [0, 0.1) is 20.8 Å². The third-order valence-electron chi connectivity index (χ3n) is 9.62. The Balaban J connectivity index is 1.39. The van der Waals surface area contributed by atoms with Crippen molar-refractivity contribution in [1.82, 2.24) is 15.2 Å². The van der Waals surface area contributed by atoms with Crippen LogP contribution in [0.25, 0.3) is 0 Å². The quantitative estimate of drug-likeness (QED) is 0.412. The molecule has 1 aromatic heterocycles. The first-order valence-corrected chi connectivity index (χ1v) is 16.5. The van der Waals surface area contributed by atoms with Gasteiger partial charge in [0.25, 0.3) is 11.5 Å². The number of benzene rings is 1. The van der Waals surface area contributed by atoms with Crippen LogP contribution < -0.4 is 20.5 Å². The molecule has 5 atom stereocenters. The molecule has 5 rings (SSSR count). The van der Waals surface area contributed by atoms with Crippen LogP contribution in [0.1, 0.15) is 93.0 Å². The van der Waals surface area contributed by atoms with E-state index in [0.29, 0.717) is 23.2 Å². The highest BCUT2D eigenvalue weighted by Crippen LogP contribution is 2.37. The zero-order valence-electron chi connectivity index (χ0n) is 27.9. The third kappa shape index (κ3) is 7.32. The van der Waals surface area contributed by atoms with E-state index < -0.39 is 0 Å². The van der Waals surface area contributed by atoms with E-state index in [1.54, 1.807) is 0 Å². The lowest BCUT2D eigenvalue weighted by atomic mass is 9.87. The first kappa shape index (κ1) is 32.5. The highest BCUT2D eigenvalue weighted by molar-refractivity contribution is 5.97. The third-order valence-corrected chi connectivity index (χ3v) is 9.62. The van der Waals surface area contributed by atoms with Gasteiger partial charge in [-0.1, -0.05) is 0 Å². The van der Waals surface area contributed by atoms with Crippen molar-refractivity contribution in [2.75, 3.05) is 24.5 Å². The SMILES string of the molecule is CCN(c1cc(O[C@H]2C[C@H](N3C[C@@H](C)O[C@@H](C)C3)C2)cc(C(=O)NCc2c(C)cc(C)[nH]c2=O)c1C)[C@H]1C[C@@H](C)O[C@@H](C)C1. The van der Waals surface area contributed by atoms with E-state index in [1.807, 2.05) is 32.9 Å². The van der Waals surface area contributed by atoms with Crippen molar-refractivity contribution < 1.29 is 19.0 Å². The molecule has 1 amide bonds. The number of pyridine rings is 1. The predicted octanol–water partition coefficient (Wildman–Crippen LogP) is 5.03. The highest BCUT2D eigenvalue weighted by atomic mass is 16.5. The summed E-state index contributed by atoms with van der Waals surface area (Å²) in [4.78, 5) is 34.2. The zero-order chi connectivity index (χ0) is 31.7. The Hall–Kier alpha value is -2.88. The number of aryl methyl sites for hydroxylation is 2. The van der Waals surface area contributed by atoms with Gasteiger partial charge in [0.1, 0.15) is 11.9 Å². The van der Waals surface area contributed by atoms with Gasteiger partial charge in [0.15, 0.2) is 0 Å². The number of aromatic amines is 1. The van der Waals surface area contributed by atoms with E-state index in [2.05, 4.69) is 60.8 Å². The molecule has 2 aromatic rings. The number of morpholine rings is 1. The summed E-state index contributed by atoms with van der Waals surface area (Å²) in [5, 5.41) is 3.03. The molecular formula is C35H52N4O5. The van der Waals surface area contributed by atoms with Gasteiger partial charge in [-0.15, -0.1) is 0 Å². The van der Waals surface area contributed by atoms with E-state index in [-0.39, 0.29) is 48.5 Å². The Bertz CT molecular complexity index is 1370. The molecule has 2 saturated heterocycles. The molecule has 0 spiro atoms. The topological polar surface area (TPSA) is 96.1 Å². The Labute approximate surface area is 262 Å². The number of H-pyrrole nitrogens is 1. The maximum atomic E-state index is 13.8. The van der Waals surface area contributed by atoms with Gasteiger partial charge in [0.2, 0.25) is 0 Å². The molecule has 3 heterocycles. The molecule has 242 valence electrons. The lowest BCUT2D eigenvalue weighted by Gasteiger charge is -2.47. The van der Waals surface area contributed by atoms with Crippen molar-refractivity contribution in [3.63, 3.8) is 0 Å². The molecule has 44 heavy (non-hydrogen) atoms. The fourth-order valence-electron chi connectivity index (χ4n) is 7.53. The van der Waals surface area contributed by atoms with Gasteiger partial charge in [-0.2, -0.15) is 0 Å². The molecule has 3 aliphatic rings. The lowest BCUT2D eigenvalue weighted by Crippen LogP contribution is -2.56. The number of ether oxygens (including phenoxy) is 3. The standard InChI is InChI=1S/C35H52N4O5/c1-9-39(28-11-22(4)42-23(5)12-28)33-16-30(44-29-13-27(14-29)38-18-24(6)43-25(7)19-38)15-31(26(33)8)34(40)36-17-32-20(2)10-21(3)37-35(32)41/h10,15-16,22-25,27-29H,9,11-14,17-19H2,1-8H3,(H,36,40)(H,37,41)/t22-,23+,24-,25+,27-,28+,29-. The van der Waals surface area contributed by atoms with E-state index in [4.69, 9.17) is 14.2 Å². The molecule has 1 aromatic carbocycles. The minimum Gasteiger partial charge on any atom is -0.490 e. The number of hydrogen-bond acceptors (Lipinski definition) is 7. The fraction of sp³-hybridized carbons (Fsp3) is 0.657. The number of rotatable bonds is 9. The van der Waals surface area contributed by atoms with Gasteiger partial charge in [-0.25, -0.2) is 0 Å². The van der Waals surface area contributed by atoms with Crippen LogP contribution in [0.3, 0.4) is 0 Å². The van der Waals surface area contributed by atoms with Crippen LogP contribution >= 0.6 is 0 Å². The van der Waals surface area contributed by atoms with Crippen molar-refractivity contribution in [3.8, 4) is 5.75 Å². The summed E-state index contributed by atoms with van der Waals surface area (Å²) >= 11 is 0. The smallest absolute Gasteiger partial charge is 0.253 e. The maximum Gasteiger partial charge on any atom is 0.253 e.